The van der Waals surface area contributed by atoms with Gasteiger partial charge in [-0.1, -0.05) is 6.07 Å². The van der Waals surface area contributed by atoms with E-state index in [0.29, 0.717) is 12.2 Å². The van der Waals surface area contributed by atoms with Gasteiger partial charge in [0.1, 0.15) is 0 Å². The molecule has 1 atom stereocenters. The molecule has 7 nitrogen and oxygen atoms in total. The van der Waals surface area contributed by atoms with Gasteiger partial charge in [0.2, 0.25) is 0 Å². The molecule has 1 aliphatic rings. The van der Waals surface area contributed by atoms with Gasteiger partial charge in [0.25, 0.3) is 5.91 Å². The molecule has 3 rings (SSSR count). The van der Waals surface area contributed by atoms with Crippen molar-refractivity contribution in [3.63, 3.8) is 0 Å². The molecular formula is C18H22N4O3S. The van der Waals surface area contributed by atoms with Crippen LogP contribution in [0.15, 0.2) is 30.3 Å². The first-order valence-electron chi connectivity index (χ1n) is 8.41. The molecule has 1 N–H and O–H groups in total. The summed E-state index contributed by atoms with van der Waals surface area (Å²) in [7, 11) is -1.44. The largest absolute Gasteiger partial charge is 0.339 e. The zero-order valence-electron chi connectivity index (χ0n) is 15.1. The molecule has 1 fully saturated rings. The number of hydrogen-bond donors (Lipinski definition) is 1. The number of rotatable bonds is 4. The van der Waals surface area contributed by atoms with Gasteiger partial charge in [-0.15, -0.1) is 10.2 Å². The third-order valence-electron chi connectivity index (χ3n) is 4.74. The maximum atomic E-state index is 12.5. The van der Waals surface area contributed by atoms with Crippen LogP contribution in [0.25, 0.3) is 0 Å². The van der Waals surface area contributed by atoms with Gasteiger partial charge >= 0.3 is 0 Å². The molecule has 26 heavy (non-hydrogen) atoms. The molecule has 1 amide bonds. The van der Waals surface area contributed by atoms with Crippen LogP contribution in [0.4, 0.5) is 11.5 Å². The van der Waals surface area contributed by atoms with Gasteiger partial charge in [-0.3, -0.25) is 4.79 Å². The summed E-state index contributed by atoms with van der Waals surface area (Å²) < 4.78 is 23.2. The first kappa shape index (κ1) is 18.3. The molecule has 2 aromatic rings. The van der Waals surface area contributed by atoms with Crippen molar-refractivity contribution in [2.45, 2.75) is 26.3 Å². The minimum atomic E-state index is -3.04. The van der Waals surface area contributed by atoms with Crippen molar-refractivity contribution in [3.05, 3.63) is 47.2 Å². The monoisotopic (exact) mass is 374 g/mol. The zero-order valence-corrected chi connectivity index (χ0v) is 15.9. The van der Waals surface area contributed by atoms with Crippen molar-refractivity contribution >= 4 is 27.2 Å². The predicted molar refractivity (Wildman–Crippen MR) is 100 cm³/mol. The van der Waals surface area contributed by atoms with E-state index < -0.39 is 9.84 Å². The number of carbonyl (C=O) groups excluding carboxylic acids is 1. The molecule has 0 radical (unpaired) electrons. The summed E-state index contributed by atoms with van der Waals surface area (Å²) in [5.74, 6) is 0.350. The van der Waals surface area contributed by atoms with Crippen LogP contribution in [0.5, 0.6) is 0 Å². The molecular weight excluding hydrogens is 352 g/mol. The molecule has 1 saturated heterocycles. The summed E-state index contributed by atoms with van der Waals surface area (Å²) in [6.45, 7) is 4.08. The van der Waals surface area contributed by atoms with Gasteiger partial charge in [-0.2, -0.15) is 0 Å². The third kappa shape index (κ3) is 4.01. The minimum absolute atomic E-state index is 0.00901. The van der Waals surface area contributed by atoms with Crippen LogP contribution in [0.1, 0.15) is 28.0 Å². The Balaban J connectivity index is 1.68. The Hall–Kier alpha value is -2.48. The third-order valence-corrected chi connectivity index (χ3v) is 6.49. The number of anilines is 2. The lowest BCUT2D eigenvalue weighted by molar-refractivity contribution is 0.0740. The lowest BCUT2D eigenvalue weighted by Gasteiger charge is -2.22. The van der Waals surface area contributed by atoms with Crippen molar-refractivity contribution in [2.24, 2.45) is 0 Å². The van der Waals surface area contributed by atoms with E-state index in [9.17, 15) is 13.2 Å². The maximum absolute atomic E-state index is 12.5. The van der Waals surface area contributed by atoms with Gasteiger partial charge in [0, 0.05) is 18.8 Å². The molecule has 2 heterocycles. The average Bonchev–Trinajstić information content (AvgIpc) is 2.97. The zero-order chi connectivity index (χ0) is 18.9. The molecule has 1 aliphatic heterocycles. The van der Waals surface area contributed by atoms with Crippen LogP contribution in [-0.4, -0.2) is 54.0 Å². The van der Waals surface area contributed by atoms with Crippen molar-refractivity contribution in [1.82, 2.24) is 15.1 Å². The summed E-state index contributed by atoms with van der Waals surface area (Å²) >= 11 is 0. The summed E-state index contributed by atoms with van der Waals surface area (Å²) in [4.78, 5) is 14.0. The molecule has 138 valence electrons. The lowest BCUT2D eigenvalue weighted by Crippen LogP contribution is -2.38. The second-order valence-corrected chi connectivity index (χ2v) is 8.93. The van der Waals surface area contributed by atoms with Crippen LogP contribution in [0, 0.1) is 13.8 Å². The van der Waals surface area contributed by atoms with E-state index >= 15 is 0 Å². The summed E-state index contributed by atoms with van der Waals surface area (Å²) in [6, 6.07) is 8.98. The molecule has 0 bridgehead atoms. The van der Waals surface area contributed by atoms with Crippen LogP contribution in [0.3, 0.4) is 0 Å². The quantitative estimate of drug-likeness (QED) is 0.881. The van der Waals surface area contributed by atoms with Crippen LogP contribution >= 0.6 is 0 Å². The van der Waals surface area contributed by atoms with Crippen LogP contribution in [0.2, 0.25) is 0 Å². The Morgan fingerprint density at radius 3 is 2.50 bits per heavy atom. The Morgan fingerprint density at radius 2 is 1.92 bits per heavy atom. The number of carbonyl (C=O) groups is 1. The smallest absolute Gasteiger partial charge is 0.274 e. The van der Waals surface area contributed by atoms with Gasteiger partial charge in [0.05, 0.1) is 11.5 Å². The summed E-state index contributed by atoms with van der Waals surface area (Å²) in [6.07, 6.45) is 0.463. The van der Waals surface area contributed by atoms with Crippen molar-refractivity contribution in [2.75, 3.05) is 23.9 Å². The number of aromatic nitrogens is 2. The summed E-state index contributed by atoms with van der Waals surface area (Å²) in [5.41, 5.74) is 3.47. The molecule has 0 spiro atoms. The normalized spacial score (nSPS) is 18.5. The second kappa shape index (κ2) is 7.03. The van der Waals surface area contributed by atoms with E-state index in [0.717, 1.165) is 5.69 Å². The fourth-order valence-electron chi connectivity index (χ4n) is 2.91. The van der Waals surface area contributed by atoms with Gasteiger partial charge < -0.3 is 10.2 Å². The number of benzene rings is 1. The second-order valence-electron chi connectivity index (χ2n) is 6.70. The van der Waals surface area contributed by atoms with E-state index in [-0.39, 0.29) is 29.1 Å². The Morgan fingerprint density at radius 1 is 1.15 bits per heavy atom. The topological polar surface area (TPSA) is 92.3 Å². The molecule has 0 aliphatic carbocycles. The first-order valence-corrected chi connectivity index (χ1v) is 10.2. The summed E-state index contributed by atoms with van der Waals surface area (Å²) in [5, 5.41) is 11.2. The van der Waals surface area contributed by atoms with Crippen molar-refractivity contribution < 1.29 is 13.2 Å². The van der Waals surface area contributed by atoms with Gasteiger partial charge in [-0.05, 0) is 55.7 Å². The Kier molecular flexibility index (Phi) is 4.95. The van der Waals surface area contributed by atoms with Gasteiger partial charge in [-0.25, -0.2) is 8.42 Å². The predicted octanol–water partition coefficient (Wildman–Crippen LogP) is 2.10. The van der Waals surface area contributed by atoms with Crippen molar-refractivity contribution in [1.29, 1.82) is 0 Å². The van der Waals surface area contributed by atoms with E-state index in [1.54, 1.807) is 19.2 Å². The number of amides is 1. The van der Waals surface area contributed by atoms with E-state index in [1.165, 1.54) is 16.0 Å². The highest BCUT2D eigenvalue weighted by molar-refractivity contribution is 7.91. The highest BCUT2D eigenvalue weighted by Gasteiger charge is 2.33. The molecule has 0 saturated carbocycles. The highest BCUT2D eigenvalue weighted by atomic mass is 32.2. The Labute approximate surface area is 153 Å². The molecule has 1 aromatic heterocycles. The van der Waals surface area contributed by atoms with Crippen LogP contribution < -0.4 is 5.32 Å². The molecule has 8 heteroatoms. The number of nitrogens with one attached hydrogen (secondary N) is 1. The number of hydrogen-bond acceptors (Lipinski definition) is 6. The Bertz CT molecular complexity index is 926. The van der Waals surface area contributed by atoms with E-state index in [2.05, 4.69) is 15.5 Å². The fourth-order valence-corrected chi connectivity index (χ4v) is 4.68. The molecule has 1 unspecified atom stereocenters. The standard InChI is InChI=1S/C18H22N4O3S/c1-12-4-5-14(10-13(12)2)19-17-7-6-16(20-21-17)18(23)22(3)15-8-9-26(24,25)11-15/h4-7,10,15H,8-9,11H2,1-3H3,(H,19,21). The molecule has 1 aromatic carbocycles. The minimum Gasteiger partial charge on any atom is -0.339 e. The van der Waals surface area contributed by atoms with Gasteiger partial charge in [0.15, 0.2) is 21.3 Å². The van der Waals surface area contributed by atoms with Crippen molar-refractivity contribution in [3.8, 4) is 0 Å². The number of sulfone groups is 1. The fraction of sp³-hybridized carbons (Fsp3) is 0.389. The van der Waals surface area contributed by atoms with E-state index in [4.69, 9.17) is 0 Å². The van der Waals surface area contributed by atoms with Crippen LogP contribution in [-0.2, 0) is 9.84 Å². The number of nitrogens with zero attached hydrogens (tertiary/aromatic N) is 3. The average molecular weight is 374 g/mol. The maximum Gasteiger partial charge on any atom is 0.274 e. The number of aryl methyl sites for hydroxylation is 2. The SMILES string of the molecule is Cc1ccc(Nc2ccc(C(=O)N(C)C3CCS(=O)(=O)C3)nn2)cc1C. The first-order chi connectivity index (χ1) is 12.2. The lowest BCUT2D eigenvalue weighted by atomic mass is 10.1. The highest BCUT2D eigenvalue weighted by Crippen LogP contribution is 2.20. The van der Waals surface area contributed by atoms with E-state index in [1.807, 2.05) is 32.0 Å².